The molecule has 0 saturated carbocycles. The molecule has 0 aliphatic carbocycles. The maximum Gasteiger partial charge on any atom is 0.261 e. The minimum Gasteiger partial charge on any atom is -0.271 e. The molecule has 92 valence electrons. The summed E-state index contributed by atoms with van der Waals surface area (Å²) in [5, 5.41) is 7.84. The number of nitrogens with one attached hydrogen (secondary N) is 1. The molecule has 0 bridgehead atoms. The summed E-state index contributed by atoms with van der Waals surface area (Å²) in [5.41, 5.74) is 4.04. The van der Waals surface area contributed by atoms with Crippen LogP contribution in [0.1, 0.15) is 11.4 Å². The van der Waals surface area contributed by atoms with Gasteiger partial charge < -0.3 is 0 Å². The molecule has 1 amide bonds. The van der Waals surface area contributed by atoms with Gasteiger partial charge in [-0.3, -0.25) is 14.5 Å². The highest BCUT2D eigenvalue weighted by Crippen LogP contribution is 1.94. The van der Waals surface area contributed by atoms with E-state index in [0.717, 1.165) is 5.69 Å². The molecule has 2 heterocycles. The van der Waals surface area contributed by atoms with E-state index in [1.54, 1.807) is 23.1 Å². The number of amides is 1. The molecule has 18 heavy (non-hydrogen) atoms. The highest BCUT2D eigenvalue weighted by Gasteiger charge is 2.03. The van der Waals surface area contributed by atoms with E-state index in [1.807, 2.05) is 25.1 Å². The Morgan fingerprint density at radius 1 is 1.44 bits per heavy atom. The minimum absolute atomic E-state index is 0.151. The number of pyridine rings is 1. The molecule has 2 rings (SSSR count). The van der Waals surface area contributed by atoms with Crippen molar-refractivity contribution in [2.75, 3.05) is 0 Å². The topological polar surface area (TPSA) is 72.2 Å². The first-order chi connectivity index (χ1) is 8.75. The summed E-state index contributed by atoms with van der Waals surface area (Å²) in [4.78, 5) is 15.6. The SMILES string of the molecule is Cc1ccnn1CC(=O)NN=Cc1ccccn1. The van der Waals surface area contributed by atoms with Gasteiger partial charge in [-0.05, 0) is 25.1 Å². The van der Waals surface area contributed by atoms with Crippen LogP contribution in [0.25, 0.3) is 0 Å². The molecular formula is C12H13N5O. The molecular weight excluding hydrogens is 230 g/mol. The van der Waals surface area contributed by atoms with Crippen molar-refractivity contribution in [3.63, 3.8) is 0 Å². The monoisotopic (exact) mass is 243 g/mol. The van der Waals surface area contributed by atoms with E-state index in [4.69, 9.17) is 0 Å². The third-order valence-electron chi connectivity index (χ3n) is 2.30. The van der Waals surface area contributed by atoms with Gasteiger partial charge in [-0.2, -0.15) is 10.2 Å². The lowest BCUT2D eigenvalue weighted by molar-refractivity contribution is -0.121. The van der Waals surface area contributed by atoms with Gasteiger partial charge in [0.1, 0.15) is 6.54 Å². The Balaban J connectivity index is 1.86. The van der Waals surface area contributed by atoms with Crippen LogP contribution in [0.15, 0.2) is 41.8 Å². The Bertz CT molecular complexity index is 547. The van der Waals surface area contributed by atoms with E-state index in [-0.39, 0.29) is 12.5 Å². The van der Waals surface area contributed by atoms with Gasteiger partial charge in [0.2, 0.25) is 0 Å². The largest absolute Gasteiger partial charge is 0.271 e. The van der Waals surface area contributed by atoms with Gasteiger partial charge in [0, 0.05) is 18.1 Å². The predicted molar refractivity (Wildman–Crippen MR) is 66.9 cm³/mol. The van der Waals surface area contributed by atoms with Gasteiger partial charge in [-0.25, -0.2) is 5.43 Å². The quantitative estimate of drug-likeness (QED) is 0.635. The Morgan fingerprint density at radius 3 is 3.00 bits per heavy atom. The van der Waals surface area contributed by atoms with E-state index in [0.29, 0.717) is 5.69 Å². The number of aromatic nitrogens is 3. The molecule has 1 N–H and O–H groups in total. The fourth-order valence-electron chi connectivity index (χ4n) is 1.36. The third kappa shape index (κ3) is 3.24. The molecule has 0 aliphatic rings. The van der Waals surface area contributed by atoms with Gasteiger partial charge >= 0.3 is 0 Å². The Kier molecular flexibility index (Phi) is 3.80. The second-order valence-electron chi connectivity index (χ2n) is 3.68. The number of carbonyl (C=O) groups excluding carboxylic acids is 1. The van der Waals surface area contributed by atoms with Gasteiger partial charge in [-0.15, -0.1) is 0 Å². The molecule has 0 aromatic carbocycles. The number of carbonyl (C=O) groups is 1. The third-order valence-corrected chi connectivity index (χ3v) is 2.30. The van der Waals surface area contributed by atoms with E-state index < -0.39 is 0 Å². The average Bonchev–Trinajstić information content (AvgIpc) is 2.76. The highest BCUT2D eigenvalue weighted by molar-refractivity contribution is 5.80. The number of aryl methyl sites for hydroxylation is 1. The normalized spacial score (nSPS) is 10.7. The zero-order valence-corrected chi connectivity index (χ0v) is 9.95. The van der Waals surface area contributed by atoms with Crippen LogP contribution >= 0.6 is 0 Å². The van der Waals surface area contributed by atoms with Crippen molar-refractivity contribution < 1.29 is 4.79 Å². The lowest BCUT2D eigenvalue weighted by Gasteiger charge is -2.02. The summed E-state index contributed by atoms with van der Waals surface area (Å²) < 4.78 is 1.60. The van der Waals surface area contributed by atoms with Crippen LogP contribution in [0, 0.1) is 6.92 Å². The van der Waals surface area contributed by atoms with Crippen LogP contribution in [0.3, 0.4) is 0 Å². The molecule has 0 fully saturated rings. The Hall–Kier alpha value is -2.50. The fraction of sp³-hybridized carbons (Fsp3) is 0.167. The number of hydrazone groups is 1. The summed E-state index contributed by atoms with van der Waals surface area (Å²) in [6, 6.07) is 7.30. The van der Waals surface area contributed by atoms with Crippen molar-refractivity contribution in [2.45, 2.75) is 13.5 Å². The molecule has 2 aromatic rings. The van der Waals surface area contributed by atoms with Crippen molar-refractivity contribution >= 4 is 12.1 Å². The first-order valence-electron chi connectivity index (χ1n) is 5.47. The molecule has 0 aliphatic heterocycles. The first kappa shape index (κ1) is 12.0. The van der Waals surface area contributed by atoms with Crippen LogP contribution in [0.5, 0.6) is 0 Å². The summed E-state index contributed by atoms with van der Waals surface area (Å²) >= 11 is 0. The van der Waals surface area contributed by atoms with Crippen molar-refractivity contribution in [2.24, 2.45) is 5.10 Å². The standard InChI is InChI=1S/C12H13N5O/c1-10-5-7-15-17(10)9-12(18)16-14-8-11-4-2-3-6-13-11/h2-8H,9H2,1H3,(H,16,18). The Morgan fingerprint density at radius 2 is 2.33 bits per heavy atom. The zero-order chi connectivity index (χ0) is 12.8. The van der Waals surface area contributed by atoms with Gasteiger partial charge in [0.05, 0.1) is 11.9 Å². The summed E-state index contributed by atoms with van der Waals surface area (Å²) in [7, 11) is 0. The predicted octanol–water partition coefficient (Wildman–Crippen LogP) is 0.737. The maximum atomic E-state index is 11.5. The second kappa shape index (κ2) is 5.72. The fourth-order valence-corrected chi connectivity index (χ4v) is 1.36. The molecule has 2 aromatic heterocycles. The molecule has 0 atom stereocenters. The van der Waals surface area contributed by atoms with Gasteiger partial charge in [-0.1, -0.05) is 6.07 Å². The smallest absolute Gasteiger partial charge is 0.261 e. The van der Waals surface area contributed by atoms with Crippen molar-refractivity contribution in [3.05, 3.63) is 48.0 Å². The minimum atomic E-state index is -0.228. The second-order valence-corrected chi connectivity index (χ2v) is 3.68. The van der Waals surface area contributed by atoms with Crippen LogP contribution in [-0.2, 0) is 11.3 Å². The van der Waals surface area contributed by atoms with Crippen LogP contribution < -0.4 is 5.43 Å². The number of hydrogen-bond acceptors (Lipinski definition) is 4. The number of nitrogens with zero attached hydrogens (tertiary/aromatic N) is 4. The molecule has 6 heteroatoms. The molecule has 0 saturated heterocycles. The van der Waals surface area contributed by atoms with Gasteiger partial charge in [0.25, 0.3) is 5.91 Å². The number of hydrogen-bond donors (Lipinski definition) is 1. The molecule has 0 spiro atoms. The van der Waals surface area contributed by atoms with E-state index in [2.05, 4.69) is 20.6 Å². The van der Waals surface area contributed by atoms with E-state index in [9.17, 15) is 4.79 Å². The molecule has 6 nitrogen and oxygen atoms in total. The van der Waals surface area contributed by atoms with E-state index >= 15 is 0 Å². The first-order valence-corrected chi connectivity index (χ1v) is 5.47. The maximum absolute atomic E-state index is 11.5. The van der Waals surface area contributed by atoms with Crippen LogP contribution in [-0.4, -0.2) is 26.9 Å². The summed E-state index contributed by atoms with van der Waals surface area (Å²) in [6.07, 6.45) is 4.81. The summed E-state index contributed by atoms with van der Waals surface area (Å²) in [5.74, 6) is -0.228. The van der Waals surface area contributed by atoms with Crippen LogP contribution in [0.4, 0.5) is 0 Å². The van der Waals surface area contributed by atoms with Crippen LogP contribution in [0.2, 0.25) is 0 Å². The van der Waals surface area contributed by atoms with Crippen molar-refractivity contribution in [1.29, 1.82) is 0 Å². The molecule has 0 radical (unpaired) electrons. The summed E-state index contributed by atoms with van der Waals surface area (Å²) in [6.45, 7) is 2.04. The Labute approximate surface area is 104 Å². The van der Waals surface area contributed by atoms with Crippen molar-refractivity contribution in [3.8, 4) is 0 Å². The average molecular weight is 243 g/mol. The molecule has 0 unspecified atom stereocenters. The highest BCUT2D eigenvalue weighted by atomic mass is 16.2. The lowest BCUT2D eigenvalue weighted by Crippen LogP contribution is -2.24. The zero-order valence-electron chi connectivity index (χ0n) is 9.95. The van der Waals surface area contributed by atoms with E-state index in [1.165, 1.54) is 6.21 Å². The van der Waals surface area contributed by atoms with Gasteiger partial charge in [0.15, 0.2) is 0 Å². The number of rotatable bonds is 4. The lowest BCUT2D eigenvalue weighted by atomic mass is 10.4. The van der Waals surface area contributed by atoms with Crippen molar-refractivity contribution in [1.82, 2.24) is 20.2 Å².